The largest absolute Gasteiger partial charge is 0.462 e. The van der Waals surface area contributed by atoms with Gasteiger partial charge < -0.3 is 14.1 Å². The Morgan fingerprint density at radius 1 is 1.21 bits per heavy atom. The van der Waals surface area contributed by atoms with Gasteiger partial charge in [-0.2, -0.15) is 0 Å². The number of benzene rings is 2. The number of ether oxygens (including phenoxy) is 1. The maximum Gasteiger partial charge on any atom is 0.344 e. The molecule has 0 amide bonds. The third kappa shape index (κ3) is 2.88. The molecule has 2 heterocycles. The molecule has 7 heteroatoms. The van der Waals surface area contributed by atoms with Crippen molar-refractivity contribution in [3.05, 3.63) is 75.0 Å². The van der Waals surface area contributed by atoms with Gasteiger partial charge in [-0.3, -0.25) is 10.2 Å². The molecule has 2 aromatic carbocycles. The van der Waals surface area contributed by atoms with E-state index >= 15 is 0 Å². The van der Waals surface area contributed by atoms with Gasteiger partial charge in [-0.15, -0.1) is 0 Å². The molecule has 4 aromatic rings. The smallest absolute Gasteiger partial charge is 0.344 e. The number of pyridine rings is 1. The molecule has 0 unspecified atom stereocenters. The molecule has 0 aliphatic rings. The van der Waals surface area contributed by atoms with Crippen LogP contribution in [0.2, 0.25) is 5.02 Å². The van der Waals surface area contributed by atoms with E-state index < -0.39 is 11.5 Å². The van der Waals surface area contributed by atoms with Crippen molar-refractivity contribution in [2.75, 3.05) is 6.61 Å². The molecular weight excluding hydrogens is 380 g/mol. The summed E-state index contributed by atoms with van der Waals surface area (Å²) in [6.07, 6.45) is 0. The molecule has 28 heavy (non-hydrogen) atoms. The number of rotatable bonds is 3. The number of fused-ring (bicyclic) bond motifs is 3. The number of hydrogen-bond acceptors (Lipinski definition) is 5. The predicted molar refractivity (Wildman–Crippen MR) is 107 cm³/mol. The molecular formula is C21H15ClN2O4. The Morgan fingerprint density at radius 2 is 2.00 bits per heavy atom. The van der Waals surface area contributed by atoms with Crippen molar-refractivity contribution in [2.24, 2.45) is 0 Å². The number of esters is 1. The van der Waals surface area contributed by atoms with Crippen LogP contribution in [0, 0.1) is 5.41 Å². The zero-order valence-electron chi connectivity index (χ0n) is 14.8. The van der Waals surface area contributed by atoms with Crippen LogP contribution < -0.4 is 11.1 Å². The summed E-state index contributed by atoms with van der Waals surface area (Å²) < 4.78 is 10.8. The van der Waals surface area contributed by atoms with Gasteiger partial charge in [0.25, 0.3) is 5.56 Å². The van der Waals surface area contributed by atoms with Crippen LogP contribution in [0.5, 0.6) is 0 Å². The second-order valence-corrected chi connectivity index (χ2v) is 6.55. The maximum absolute atomic E-state index is 13.0. The Kier molecular flexibility index (Phi) is 4.49. The minimum atomic E-state index is -0.735. The normalized spacial score (nSPS) is 11.1. The molecule has 0 saturated carbocycles. The predicted octanol–water partition coefficient (Wildman–Crippen LogP) is 4.25. The van der Waals surface area contributed by atoms with Crippen LogP contribution in [0.3, 0.4) is 0 Å². The first-order valence-corrected chi connectivity index (χ1v) is 8.98. The summed E-state index contributed by atoms with van der Waals surface area (Å²) in [5.41, 5.74) is 0.661. The van der Waals surface area contributed by atoms with Gasteiger partial charge in [0.05, 0.1) is 17.5 Å². The van der Waals surface area contributed by atoms with Gasteiger partial charge in [0.15, 0.2) is 5.58 Å². The van der Waals surface area contributed by atoms with Crippen LogP contribution >= 0.6 is 11.6 Å². The van der Waals surface area contributed by atoms with Crippen molar-refractivity contribution in [1.82, 2.24) is 4.98 Å². The Labute approximate surface area is 163 Å². The quantitative estimate of drug-likeness (QED) is 0.401. The molecule has 2 N–H and O–H groups in total. The maximum atomic E-state index is 13.0. The molecule has 0 atom stereocenters. The molecule has 0 aliphatic carbocycles. The number of H-pyrrole nitrogens is 1. The SMILES string of the molecule is CCOC(=O)c1c(-c2cccc(Cl)c2)c2c(=O)[nH]c3ccccc3c2oc1=N. The van der Waals surface area contributed by atoms with Crippen LogP contribution in [0.4, 0.5) is 0 Å². The number of carbonyl (C=O) groups is 1. The Hall–Kier alpha value is -3.38. The van der Waals surface area contributed by atoms with Crippen molar-refractivity contribution >= 4 is 39.4 Å². The average molecular weight is 395 g/mol. The fourth-order valence-corrected chi connectivity index (χ4v) is 3.46. The highest BCUT2D eigenvalue weighted by Crippen LogP contribution is 2.32. The van der Waals surface area contributed by atoms with Crippen molar-refractivity contribution in [3.8, 4) is 11.1 Å². The number of aromatic amines is 1. The van der Waals surface area contributed by atoms with Crippen LogP contribution in [-0.4, -0.2) is 17.6 Å². The molecule has 2 aromatic heterocycles. The lowest BCUT2D eigenvalue weighted by Gasteiger charge is -2.13. The van der Waals surface area contributed by atoms with Crippen LogP contribution in [-0.2, 0) is 4.74 Å². The minimum absolute atomic E-state index is 0.114. The number of aromatic nitrogens is 1. The molecule has 0 bridgehead atoms. The van der Waals surface area contributed by atoms with Crippen molar-refractivity contribution in [3.63, 3.8) is 0 Å². The summed E-state index contributed by atoms with van der Waals surface area (Å²) in [4.78, 5) is 28.4. The highest BCUT2D eigenvalue weighted by Gasteiger charge is 2.24. The fourth-order valence-electron chi connectivity index (χ4n) is 3.27. The average Bonchev–Trinajstić information content (AvgIpc) is 2.67. The summed E-state index contributed by atoms with van der Waals surface area (Å²) in [6, 6.07) is 13.9. The third-order valence-electron chi connectivity index (χ3n) is 4.40. The highest BCUT2D eigenvalue weighted by atomic mass is 35.5. The van der Waals surface area contributed by atoms with Crippen molar-refractivity contribution in [2.45, 2.75) is 6.92 Å². The monoisotopic (exact) mass is 394 g/mol. The second-order valence-electron chi connectivity index (χ2n) is 6.12. The summed E-state index contributed by atoms with van der Waals surface area (Å²) in [6.45, 7) is 1.79. The van der Waals surface area contributed by atoms with Gasteiger partial charge in [0.2, 0.25) is 5.55 Å². The zero-order valence-corrected chi connectivity index (χ0v) is 15.6. The number of carbonyl (C=O) groups excluding carboxylic acids is 1. The Balaban J connectivity index is 2.26. The van der Waals surface area contributed by atoms with E-state index in [0.29, 0.717) is 21.5 Å². The lowest BCUT2D eigenvalue weighted by molar-refractivity contribution is 0.0522. The van der Waals surface area contributed by atoms with Gasteiger partial charge in [0.1, 0.15) is 5.56 Å². The first-order chi connectivity index (χ1) is 13.5. The first-order valence-electron chi connectivity index (χ1n) is 8.60. The van der Waals surface area contributed by atoms with Gasteiger partial charge >= 0.3 is 5.97 Å². The van der Waals surface area contributed by atoms with E-state index in [1.54, 1.807) is 55.5 Å². The first kappa shape index (κ1) is 18.0. The van der Waals surface area contributed by atoms with Crippen LogP contribution in [0.25, 0.3) is 33.0 Å². The molecule has 140 valence electrons. The van der Waals surface area contributed by atoms with E-state index in [9.17, 15) is 9.59 Å². The zero-order chi connectivity index (χ0) is 19.8. The lowest BCUT2D eigenvalue weighted by atomic mass is 9.96. The number of hydrogen-bond donors (Lipinski definition) is 2. The van der Waals surface area contributed by atoms with Crippen molar-refractivity contribution < 1.29 is 13.9 Å². The topological polar surface area (TPSA) is 96.2 Å². The highest BCUT2D eigenvalue weighted by molar-refractivity contribution is 6.31. The number of halogens is 1. The number of nitrogens with one attached hydrogen (secondary N) is 2. The summed E-state index contributed by atoms with van der Waals surface area (Å²) in [5, 5.41) is 9.57. The standard InChI is InChI=1S/C21H15ClN2O4/c1-2-27-21(26)17-15(11-6-5-7-12(22)10-11)16-18(28-19(17)23)13-8-3-4-9-14(13)24-20(16)25/h3-10,23H,2H2,1H3,(H,24,25). The van der Waals surface area contributed by atoms with Gasteiger partial charge in [-0.05, 0) is 36.8 Å². The van der Waals surface area contributed by atoms with Gasteiger partial charge in [0, 0.05) is 16.0 Å². The van der Waals surface area contributed by atoms with E-state index in [1.165, 1.54) is 0 Å². The fraction of sp³-hybridized carbons (Fsp3) is 0.0952. The molecule has 0 spiro atoms. The lowest BCUT2D eigenvalue weighted by Crippen LogP contribution is -2.21. The Morgan fingerprint density at radius 3 is 2.75 bits per heavy atom. The van der Waals surface area contributed by atoms with Gasteiger partial charge in [-0.25, -0.2) is 4.79 Å². The van der Waals surface area contributed by atoms with E-state index in [1.807, 2.05) is 0 Å². The molecule has 0 radical (unpaired) electrons. The second kappa shape index (κ2) is 6.98. The van der Waals surface area contributed by atoms with Crippen LogP contribution in [0.15, 0.2) is 57.7 Å². The third-order valence-corrected chi connectivity index (χ3v) is 4.63. The minimum Gasteiger partial charge on any atom is -0.462 e. The summed E-state index contributed by atoms with van der Waals surface area (Å²) in [5.74, 6) is -0.735. The molecule has 0 saturated heterocycles. The molecule has 0 fully saturated rings. The molecule has 6 nitrogen and oxygen atoms in total. The van der Waals surface area contributed by atoms with E-state index in [0.717, 1.165) is 0 Å². The number of para-hydroxylation sites is 1. The summed E-state index contributed by atoms with van der Waals surface area (Å²) >= 11 is 6.14. The van der Waals surface area contributed by atoms with Crippen molar-refractivity contribution in [1.29, 1.82) is 5.41 Å². The van der Waals surface area contributed by atoms with E-state index in [4.69, 9.17) is 26.2 Å². The van der Waals surface area contributed by atoms with Gasteiger partial charge in [-0.1, -0.05) is 35.9 Å². The van der Waals surface area contributed by atoms with E-state index in [2.05, 4.69) is 4.98 Å². The molecule has 4 rings (SSSR count). The van der Waals surface area contributed by atoms with E-state index in [-0.39, 0.29) is 34.3 Å². The Bertz CT molecular complexity index is 1350. The molecule has 0 aliphatic heterocycles. The summed E-state index contributed by atoms with van der Waals surface area (Å²) in [7, 11) is 0. The van der Waals surface area contributed by atoms with Crippen LogP contribution in [0.1, 0.15) is 17.3 Å².